The molecule has 0 aromatic carbocycles. The molecule has 1 heteroatoms. The zero-order valence-electron chi connectivity index (χ0n) is 9.77. The van der Waals surface area contributed by atoms with E-state index in [0.717, 1.165) is 0 Å². The Balaban J connectivity index is 2.05. The van der Waals surface area contributed by atoms with Crippen molar-refractivity contribution >= 4 is 0 Å². The van der Waals surface area contributed by atoms with Crippen molar-refractivity contribution < 1.29 is 0 Å². The summed E-state index contributed by atoms with van der Waals surface area (Å²) in [6.07, 6.45) is 10.5. The molecule has 2 aliphatic carbocycles. The second-order valence-corrected chi connectivity index (χ2v) is 5.54. The molecule has 0 bridgehead atoms. The number of aryl methyl sites for hydroxylation is 2. The van der Waals surface area contributed by atoms with E-state index in [-0.39, 0.29) is 0 Å². The second-order valence-electron chi connectivity index (χ2n) is 5.54. The summed E-state index contributed by atoms with van der Waals surface area (Å²) in [4.78, 5) is 4.50. The van der Waals surface area contributed by atoms with Crippen molar-refractivity contribution in [3.8, 4) is 0 Å². The van der Waals surface area contributed by atoms with Crippen molar-refractivity contribution in [2.24, 2.45) is 5.41 Å². The summed E-state index contributed by atoms with van der Waals surface area (Å²) in [5.74, 6) is 0. The van der Waals surface area contributed by atoms with Crippen LogP contribution in [0.15, 0.2) is 6.20 Å². The summed E-state index contributed by atoms with van der Waals surface area (Å²) in [6, 6.07) is 0. The monoisotopic (exact) mass is 201 g/mol. The second kappa shape index (κ2) is 3.07. The maximum Gasteiger partial charge on any atom is 0.0407 e. The third kappa shape index (κ3) is 1.32. The number of nitrogens with zero attached hydrogens (tertiary/aromatic N) is 1. The van der Waals surface area contributed by atoms with E-state index in [1.54, 1.807) is 11.1 Å². The normalized spacial score (nSPS) is 22.3. The lowest BCUT2D eigenvalue weighted by molar-refractivity contribution is 0.317. The highest BCUT2D eigenvalue weighted by Crippen LogP contribution is 2.49. The van der Waals surface area contributed by atoms with Crippen molar-refractivity contribution in [2.75, 3.05) is 0 Å². The highest BCUT2D eigenvalue weighted by atomic mass is 14.7. The molecule has 1 heterocycles. The van der Waals surface area contributed by atoms with Gasteiger partial charge in [-0.15, -0.1) is 0 Å². The van der Waals surface area contributed by atoms with Gasteiger partial charge >= 0.3 is 0 Å². The van der Waals surface area contributed by atoms with Gasteiger partial charge in [0.2, 0.25) is 0 Å². The Hall–Kier alpha value is -0.850. The smallest absolute Gasteiger partial charge is 0.0407 e. The van der Waals surface area contributed by atoms with Crippen LogP contribution in [0.25, 0.3) is 0 Å². The van der Waals surface area contributed by atoms with E-state index in [0.29, 0.717) is 5.41 Å². The molecular formula is C14H19N. The van der Waals surface area contributed by atoms with Crippen LogP contribution in [0.5, 0.6) is 0 Å². The van der Waals surface area contributed by atoms with Crippen LogP contribution in [-0.4, -0.2) is 4.98 Å². The molecule has 1 nitrogen and oxygen atoms in total. The molecule has 2 aliphatic rings. The fourth-order valence-electron chi connectivity index (χ4n) is 3.58. The fourth-order valence-corrected chi connectivity index (χ4v) is 3.58. The molecule has 1 fully saturated rings. The van der Waals surface area contributed by atoms with Gasteiger partial charge in [0.25, 0.3) is 0 Å². The van der Waals surface area contributed by atoms with Crippen LogP contribution in [0.1, 0.15) is 48.1 Å². The van der Waals surface area contributed by atoms with Gasteiger partial charge in [-0.2, -0.15) is 0 Å². The molecule has 0 atom stereocenters. The molecule has 0 saturated heterocycles. The summed E-state index contributed by atoms with van der Waals surface area (Å²) in [5, 5.41) is 0. The van der Waals surface area contributed by atoms with Crippen LogP contribution in [0.4, 0.5) is 0 Å². The SMILES string of the molecule is Cc1cnc(C)c2c1CC1(CCCC1)C2. The zero-order chi connectivity index (χ0) is 10.5. The van der Waals surface area contributed by atoms with E-state index < -0.39 is 0 Å². The summed E-state index contributed by atoms with van der Waals surface area (Å²) >= 11 is 0. The predicted octanol–water partition coefficient (Wildman–Crippen LogP) is 3.36. The predicted molar refractivity (Wildman–Crippen MR) is 62.0 cm³/mol. The molecule has 15 heavy (non-hydrogen) atoms. The van der Waals surface area contributed by atoms with E-state index in [1.807, 2.05) is 0 Å². The van der Waals surface area contributed by atoms with Crippen molar-refractivity contribution in [1.29, 1.82) is 0 Å². The molecule has 0 unspecified atom stereocenters. The number of aromatic nitrogens is 1. The van der Waals surface area contributed by atoms with Crippen LogP contribution < -0.4 is 0 Å². The maximum absolute atomic E-state index is 4.50. The number of hydrogen-bond donors (Lipinski definition) is 0. The first kappa shape index (κ1) is 9.38. The Morgan fingerprint density at radius 1 is 1.07 bits per heavy atom. The lowest BCUT2D eigenvalue weighted by atomic mass is 9.83. The molecule has 1 spiro atoms. The van der Waals surface area contributed by atoms with Gasteiger partial charge in [-0.05, 0) is 61.6 Å². The van der Waals surface area contributed by atoms with Gasteiger partial charge in [-0.1, -0.05) is 12.8 Å². The Bertz CT molecular complexity index is 367. The quantitative estimate of drug-likeness (QED) is 0.627. The number of fused-ring (bicyclic) bond motifs is 1. The van der Waals surface area contributed by atoms with Gasteiger partial charge in [-0.25, -0.2) is 0 Å². The number of pyridine rings is 1. The van der Waals surface area contributed by atoms with E-state index in [9.17, 15) is 0 Å². The number of hydrogen-bond acceptors (Lipinski definition) is 1. The average Bonchev–Trinajstić information content (AvgIpc) is 2.82. The lowest BCUT2D eigenvalue weighted by Crippen LogP contribution is -2.15. The lowest BCUT2D eigenvalue weighted by Gasteiger charge is -2.21. The minimum absolute atomic E-state index is 0.640. The van der Waals surface area contributed by atoms with Crippen LogP contribution >= 0.6 is 0 Å². The third-order valence-corrected chi connectivity index (χ3v) is 4.50. The van der Waals surface area contributed by atoms with Gasteiger partial charge in [0.1, 0.15) is 0 Å². The van der Waals surface area contributed by atoms with E-state index in [2.05, 4.69) is 25.0 Å². The Morgan fingerprint density at radius 3 is 2.40 bits per heavy atom. The van der Waals surface area contributed by atoms with E-state index >= 15 is 0 Å². The minimum Gasteiger partial charge on any atom is -0.261 e. The highest BCUT2D eigenvalue weighted by molar-refractivity contribution is 5.41. The molecule has 1 saturated carbocycles. The van der Waals surface area contributed by atoms with Gasteiger partial charge < -0.3 is 0 Å². The Labute approximate surface area is 91.9 Å². The molecular weight excluding hydrogens is 182 g/mol. The average molecular weight is 201 g/mol. The molecule has 0 aliphatic heterocycles. The summed E-state index contributed by atoms with van der Waals surface area (Å²) in [7, 11) is 0. The maximum atomic E-state index is 4.50. The van der Waals surface area contributed by atoms with Gasteiger partial charge in [0.05, 0.1) is 0 Å². The first-order valence-corrected chi connectivity index (χ1v) is 6.14. The standard InChI is InChI=1S/C14H19N/c1-10-9-15-11(2)13-8-14(7-12(10)13)5-3-4-6-14/h9H,3-8H2,1-2H3. The third-order valence-electron chi connectivity index (χ3n) is 4.50. The highest BCUT2D eigenvalue weighted by Gasteiger charge is 2.40. The molecule has 80 valence electrons. The van der Waals surface area contributed by atoms with Crippen molar-refractivity contribution in [2.45, 2.75) is 52.4 Å². The first-order valence-electron chi connectivity index (χ1n) is 6.14. The molecule has 1 aromatic heterocycles. The first-order chi connectivity index (χ1) is 7.20. The molecule has 0 N–H and O–H groups in total. The minimum atomic E-state index is 0.640. The molecule has 0 amide bonds. The molecule has 3 rings (SSSR count). The Morgan fingerprint density at radius 2 is 1.73 bits per heavy atom. The van der Waals surface area contributed by atoms with Gasteiger partial charge in [0.15, 0.2) is 0 Å². The van der Waals surface area contributed by atoms with Crippen LogP contribution in [0, 0.1) is 19.3 Å². The van der Waals surface area contributed by atoms with Crippen molar-refractivity contribution in [3.05, 3.63) is 28.6 Å². The van der Waals surface area contributed by atoms with Gasteiger partial charge in [-0.3, -0.25) is 4.98 Å². The molecule has 0 radical (unpaired) electrons. The van der Waals surface area contributed by atoms with Crippen molar-refractivity contribution in [3.63, 3.8) is 0 Å². The molecule has 1 aromatic rings. The topological polar surface area (TPSA) is 12.9 Å². The van der Waals surface area contributed by atoms with Crippen molar-refractivity contribution in [1.82, 2.24) is 4.98 Å². The number of rotatable bonds is 0. The van der Waals surface area contributed by atoms with Gasteiger partial charge in [0, 0.05) is 11.9 Å². The summed E-state index contributed by atoms with van der Waals surface area (Å²) < 4.78 is 0. The largest absolute Gasteiger partial charge is 0.261 e. The fraction of sp³-hybridized carbons (Fsp3) is 0.643. The van der Waals surface area contributed by atoms with Crippen LogP contribution in [-0.2, 0) is 12.8 Å². The van der Waals surface area contributed by atoms with Crippen LogP contribution in [0.2, 0.25) is 0 Å². The zero-order valence-corrected chi connectivity index (χ0v) is 9.77. The van der Waals surface area contributed by atoms with E-state index in [4.69, 9.17) is 0 Å². The summed E-state index contributed by atoms with van der Waals surface area (Å²) in [6.45, 7) is 4.39. The van der Waals surface area contributed by atoms with E-state index in [1.165, 1.54) is 49.8 Å². The van der Waals surface area contributed by atoms with Crippen LogP contribution in [0.3, 0.4) is 0 Å². The summed E-state index contributed by atoms with van der Waals surface area (Å²) in [5.41, 5.74) is 6.54. The Kier molecular flexibility index (Phi) is 1.92.